The summed E-state index contributed by atoms with van der Waals surface area (Å²) in [5.41, 5.74) is 0. The lowest BCUT2D eigenvalue weighted by molar-refractivity contribution is 0.362. The molecule has 0 radical (unpaired) electrons. The summed E-state index contributed by atoms with van der Waals surface area (Å²) in [5, 5.41) is 3.72. The van der Waals surface area contributed by atoms with E-state index in [2.05, 4.69) is 9.88 Å². The molecule has 2 heterocycles. The average Bonchev–Trinajstić information content (AvgIpc) is 2.84. The lowest BCUT2D eigenvalue weighted by atomic mass is 9.92. The highest BCUT2D eigenvalue weighted by Crippen LogP contribution is 2.40. The van der Waals surface area contributed by atoms with Gasteiger partial charge in [0.2, 0.25) is 0 Å². The minimum absolute atomic E-state index is 0.648. The van der Waals surface area contributed by atoms with Gasteiger partial charge in [-0.3, -0.25) is 0 Å². The van der Waals surface area contributed by atoms with Crippen LogP contribution in [0.25, 0.3) is 0 Å². The molecule has 2 atom stereocenters. The third kappa shape index (κ3) is 1.76. The Hall–Kier alpha value is -0.280. The van der Waals surface area contributed by atoms with Gasteiger partial charge in [0.15, 0.2) is 5.13 Å². The number of piperidine rings is 1. The quantitative estimate of drug-likeness (QED) is 0.749. The number of thiazole rings is 1. The van der Waals surface area contributed by atoms with Gasteiger partial charge in [-0.25, -0.2) is 4.98 Å². The maximum absolute atomic E-state index is 5.90. The van der Waals surface area contributed by atoms with Crippen molar-refractivity contribution in [3.05, 3.63) is 10.5 Å². The van der Waals surface area contributed by atoms with E-state index in [4.69, 9.17) is 11.6 Å². The van der Waals surface area contributed by atoms with Gasteiger partial charge in [0.1, 0.15) is 5.15 Å². The maximum Gasteiger partial charge on any atom is 0.187 e. The summed E-state index contributed by atoms with van der Waals surface area (Å²) >= 11 is 7.58. The van der Waals surface area contributed by atoms with E-state index in [9.17, 15) is 0 Å². The van der Waals surface area contributed by atoms with Crippen LogP contribution in [-0.4, -0.2) is 17.6 Å². The number of halogens is 1. The zero-order valence-electron chi connectivity index (χ0n) is 8.66. The Morgan fingerprint density at radius 3 is 3.00 bits per heavy atom. The Morgan fingerprint density at radius 1 is 1.33 bits per heavy atom. The summed E-state index contributed by atoms with van der Waals surface area (Å²) in [6.45, 7) is 1.17. The molecule has 82 valence electrons. The normalized spacial score (nSPS) is 30.6. The first kappa shape index (κ1) is 9.91. The molecule has 0 bridgehead atoms. The fraction of sp³-hybridized carbons (Fsp3) is 0.727. The average molecular weight is 243 g/mol. The molecule has 2 aliphatic rings. The van der Waals surface area contributed by atoms with Crippen molar-refractivity contribution in [2.75, 3.05) is 11.4 Å². The molecular weight excluding hydrogens is 228 g/mol. The molecule has 0 spiro atoms. The van der Waals surface area contributed by atoms with Crippen LogP contribution < -0.4 is 4.90 Å². The van der Waals surface area contributed by atoms with Crippen molar-refractivity contribution >= 4 is 28.1 Å². The molecule has 15 heavy (non-hydrogen) atoms. The van der Waals surface area contributed by atoms with Crippen molar-refractivity contribution in [3.8, 4) is 0 Å². The van der Waals surface area contributed by atoms with E-state index in [1.165, 1.54) is 38.6 Å². The van der Waals surface area contributed by atoms with Crippen LogP contribution in [0.4, 0.5) is 5.13 Å². The zero-order chi connectivity index (χ0) is 10.3. The van der Waals surface area contributed by atoms with Crippen LogP contribution in [0.1, 0.15) is 32.1 Å². The zero-order valence-corrected chi connectivity index (χ0v) is 10.2. The molecule has 1 aromatic heterocycles. The number of nitrogens with zero attached hydrogens (tertiary/aromatic N) is 2. The van der Waals surface area contributed by atoms with Crippen LogP contribution in [0.5, 0.6) is 0 Å². The monoisotopic (exact) mass is 242 g/mol. The van der Waals surface area contributed by atoms with Crippen LogP contribution in [0.15, 0.2) is 5.38 Å². The first-order valence-electron chi connectivity index (χ1n) is 5.72. The highest BCUT2D eigenvalue weighted by molar-refractivity contribution is 7.14. The van der Waals surface area contributed by atoms with Crippen LogP contribution in [0.3, 0.4) is 0 Å². The van der Waals surface area contributed by atoms with Crippen molar-refractivity contribution in [1.29, 1.82) is 0 Å². The number of fused-ring (bicyclic) bond motifs is 1. The molecule has 1 aliphatic carbocycles. The number of anilines is 1. The third-order valence-corrected chi connectivity index (χ3v) is 4.90. The van der Waals surface area contributed by atoms with Crippen LogP contribution in [0.2, 0.25) is 5.15 Å². The Bertz CT molecular complexity index is 352. The topological polar surface area (TPSA) is 16.1 Å². The number of hydrogen-bond donors (Lipinski definition) is 0. The van der Waals surface area contributed by atoms with Gasteiger partial charge >= 0.3 is 0 Å². The molecule has 2 fully saturated rings. The lowest BCUT2D eigenvalue weighted by Gasteiger charge is -2.37. The molecule has 0 amide bonds. The van der Waals surface area contributed by atoms with Crippen molar-refractivity contribution in [2.45, 2.75) is 38.1 Å². The Balaban J connectivity index is 1.85. The molecule has 4 heteroatoms. The Labute approximate surface area is 99.3 Å². The van der Waals surface area contributed by atoms with E-state index in [1.54, 1.807) is 11.3 Å². The largest absolute Gasteiger partial charge is 0.345 e. The second-order valence-corrected chi connectivity index (χ2v) is 5.77. The van der Waals surface area contributed by atoms with Crippen LogP contribution >= 0.6 is 22.9 Å². The van der Waals surface area contributed by atoms with Gasteiger partial charge in [0.05, 0.1) is 0 Å². The second kappa shape index (κ2) is 3.95. The molecule has 1 aromatic rings. The summed E-state index contributed by atoms with van der Waals surface area (Å²) < 4.78 is 0. The fourth-order valence-electron chi connectivity index (χ4n) is 3.07. The molecule has 1 aliphatic heterocycles. The first-order chi connectivity index (χ1) is 7.34. The highest BCUT2D eigenvalue weighted by atomic mass is 35.5. The van der Waals surface area contributed by atoms with Gasteiger partial charge in [-0.15, -0.1) is 11.3 Å². The second-order valence-electron chi connectivity index (χ2n) is 4.55. The van der Waals surface area contributed by atoms with Crippen molar-refractivity contribution < 1.29 is 0 Å². The van der Waals surface area contributed by atoms with E-state index in [1.807, 2.05) is 5.38 Å². The van der Waals surface area contributed by atoms with E-state index in [0.29, 0.717) is 5.15 Å². The minimum atomic E-state index is 0.648. The maximum atomic E-state index is 5.90. The molecule has 1 saturated heterocycles. The number of rotatable bonds is 1. The predicted molar refractivity (Wildman–Crippen MR) is 64.8 cm³/mol. The summed E-state index contributed by atoms with van der Waals surface area (Å²) in [6.07, 6.45) is 6.89. The fourth-order valence-corrected chi connectivity index (χ4v) is 4.10. The van der Waals surface area contributed by atoms with E-state index < -0.39 is 0 Å². The summed E-state index contributed by atoms with van der Waals surface area (Å²) in [6, 6.07) is 0.751. The van der Waals surface area contributed by atoms with Gasteiger partial charge < -0.3 is 4.90 Å². The molecule has 3 rings (SSSR count). The van der Waals surface area contributed by atoms with Gasteiger partial charge in [0.25, 0.3) is 0 Å². The molecular formula is C11H15ClN2S. The lowest BCUT2D eigenvalue weighted by Crippen LogP contribution is -2.42. The first-order valence-corrected chi connectivity index (χ1v) is 6.98. The smallest absolute Gasteiger partial charge is 0.187 e. The van der Waals surface area contributed by atoms with Crippen LogP contribution in [-0.2, 0) is 0 Å². The Morgan fingerprint density at radius 2 is 2.20 bits per heavy atom. The summed E-state index contributed by atoms with van der Waals surface area (Å²) in [4.78, 5) is 6.90. The van der Waals surface area contributed by atoms with Crippen molar-refractivity contribution in [1.82, 2.24) is 4.98 Å². The van der Waals surface area contributed by atoms with Crippen molar-refractivity contribution in [3.63, 3.8) is 0 Å². The van der Waals surface area contributed by atoms with E-state index >= 15 is 0 Å². The number of hydrogen-bond acceptors (Lipinski definition) is 3. The molecule has 2 nitrogen and oxygen atoms in total. The summed E-state index contributed by atoms with van der Waals surface area (Å²) in [5.74, 6) is 0.918. The van der Waals surface area contributed by atoms with E-state index in [-0.39, 0.29) is 0 Å². The van der Waals surface area contributed by atoms with E-state index in [0.717, 1.165) is 17.1 Å². The molecule has 0 N–H and O–H groups in total. The number of aromatic nitrogens is 1. The van der Waals surface area contributed by atoms with Gasteiger partial charge in [0, 0.05) is 18.0 Å². The highest BCUT2D eigenvalue weighted by Gasteiger charge is 2.35. The van der Waals surface area contributed by atoms with Gasteiger partial charge in [-0.1, -0.05) is 18.0 Å². The SMILES string of the molecule is Clc1csc(N2CCCC3CCCC32)n1. The van der Waals surface area contributed by atoms with Crippen LogP contribution in [0, 0.1) is 5.92 Å². The van der Waals surface area contributed by atoms with Crippen molar-refractivity contribution in [2.24, 2.45) is 5.92 Å². The molecule has 2 unspecified atom stereocenters. The molecule has 0 aromatic carbocycles. The summed E-state index contributed by atoms with van der Waals surface area (Å²) in [7, 11) is 0. The predicted octanol–water partition coefficient (Wildman–Crippen LogP) is 3.57. The standard InChI is InChI=1S/C11H15ClN2S/c12-10-7-15-11(13-10)14-6-2-4-8-3-1-5-9(8)14/h7-9H,1-6H2. The Kier molecular flexibility index (Phi) is 2.61. The molecule has 1 saturated carbocycles. The van der Waals surface area contributed by atoms with Gasteiger partial charge in [-0.05, 0) is 31.6 Å². The third-order valence-electron chi connectivity index (χ3n) is 3.70. The van der Waals surface area contributed by atoms with Gasteiger partial charge in [-0.2, -0.15) is 0 Å². The minimum Gasteiger partial charge on any atom is -0.345 e.